The Morgan fingerprint density at radius 1 is 1.00 bits per heavy atom. The molecule has 1 radical (unpaired) electrons. The van der Waals surface area contributed by atoms with Crippen molar-refractivity contribution in [3.63, 3.8) is 0 Å². The van der Waals surface area contributed by atoms with Crippen molar-refractivity contribution in [2.24, 2.45) is 5.92 Å². The summed E-state index contributed by atoms with van der Waals surface area (Å²) in [6, 6.07) is 0. The fourth-order valence-electron chi connectivity index (χ4n) is 1.54. The van der Waals surface area contributed by atoms with Gasteiger partial charge in [-0.2, -0.15) is 0 Å². The lowest BCUT2D eigenvalue weighted by Gasteiger charge is -2.10. The van der Waals surface area contributed by atoms with Gasteiger partial charge in [-0.05, 0) is 18.8 Å². The zero-order valence-electron chi connectivity index (χ0n) is 9.10. The number of hydrogen-bond donors (Lipinski definition) is 0. The van der Waals surface area contributed by atoms with Crippen LogP contribution in [0.15, 0.2) is 0 Å². The summed E-state index contributed by atoms with van der Waals surface area (Å²) in [5, 5.41) is 0. The zero-order chi connectivity index (χ0) is 9.23. The predicted molar refractivity (Wildman–Crippen MR) is 57.1 cm³/mol. The van der Waals surface area contributed by atoms with Crippen molar-refractivity contribution in [3.05, 3.63) is 6.42 Å². The van der Waals surface area contributed by atoms with Gasteiger partial charge in [-0.3, -0.25) is 0 Å². The Labute approximate surface area is 78.8 Å². The summed E-state index contributed by atoms with van der Waals surface area (Å²) in [4.78, 5) is 0. The molecule has 0 rings (SSSR count). The van der Waals surface area contributed by atoms with E-state index in [0.717, 1.165) is 5.92 Å². The lowest BCUT2D eigenvalue weighted by molar-refractivity contribution is 0.451. The van der Waals surface area contributed by atoms with Crippen LogP contribution in [0.3, 0.4) is 0 Å². The van der Waals surface area contributed by atoms with Gasteiger partial charge < -0.3 is 0 Å². The summed E-state index contributed by atoms with van der Waals surface area (Å²) >= 11 is 0. The summed E-state index contributed by atoms with van der Waals surface area (Å²) < 4.78 is 0. The first kappa shape index (κ1) is 12.0. The van der Waals surface area contributed by atoms with E-state index in [4.69, 9.17) is 0 Å². The van der Waals surface area contributed by atoms with Crippen molar-refractivity contribution < 1.29 is 0 Å². The lowest BCUT2D eigenvalue weighted by atomic mass is 9.96. The lowest BCUT2D eigenvalue weighted by Crippen LogP contribution is -1.96. The molecule has 0 aromatic rings. The van der Waals surface area contributed by atoms with Crippen LogP contribution in [-0.2, 0) is 0 Å². The molecule has 0 heteroatoms. The van der Waals surface area contributed by atoms with Gasteiger partial charge in [0.25, 0.3) is 0 Å². The third kappa shape index (κ3) is 6.69. The summed E-state index contributed by atoms with van der Waals surface area (Å²) in [7, 11) is 0. The minimum atomic E-state index is 0.975. The van der Waals surface area contributed by atoms with E-state index in [0.29, 0.717) is 0 Å². The molecule has 0 amide bonds. The van der Waals surface area contributed by atoms with Crippen LogP contribution in [0.5, 0.6) is 0 Å². The fraction of sp³-hybridized carbons (Fsp3) is 0.917. The molecular weight excluding hydrogens is 144 g/mol. The minimum absolute atomic E-state index is 0.975. The van der Waals surface area contributed by atoms with E-state index in [1.165, 1.54) is 44.9 Å². The van der Waals surface area contributed by atoms with Crippen molar-refractivity contribution in [1.29, 1.82) is 0 Å². The van der Waals surface area contributed by atoms with Gasteiger partial charge in [-0.1, -0.05) is 59.3 Å². The summed E-state index contributed by atoms with van der Waals surface area (Å²) in [5.74, 6) is 0.975. The van der Waals surface area contributed by atoms with E-state index in [9.17, 15) is 0 Å². The largest absolute Gasteiger partial charge is 0.0654 e. The highest BCUT2D eigenvalue weighted by atomic mass is 14.1. The SMILES string of the molecule is CCCC[CH]CCC(CC)CC. The molecule has 0 nitrogen and oxygen atoms in total. The molecule has 0 saturated carbocycles. The highest BCUT2D eigenvalue weighted by Gasteiger charge is 2.01. The van der Waals surface area contributed by atoms with Crippen LogP contribution in [0.1, 0.15) is 65.7 Å². The Kier molecular flexibility index (Phi) is 9.09. The maximum atomic E-state index is 2.47. The van der Waals surface area contributed by atoms with Crippen molar-refractivity contribution in [3.8, 4) is 0 Å². The predicted octanol–water partition coefficient (Wildman–Crippen LogP) is 4.60. The molecule has 0 spiro atoms. The van der Waals surface area contributed by atoms with Crippen molar-refractivity contribution in [2.45, 2.75) is 65.7 Å². The highest BCUT2D eigenvalue weighted by Crippen LogP contribution is 2.16. The minimum Gasteiger partial charge on any atom is -0.0654 e. The Morgan fingerprint density at radius 2 is 1.67 bits per heavy atom. The van der Waals surface area contributed by atoms with Crippen molar-refractivity contribution >= 4 is 0 Å². The van der Waals surface area contributed by atoms with Crippen LogP contribution < -0.4 is 0 Å². The quantitative estimate of drug-likeness (QED) is 0.466. The highest BCUT2D eigenvalue weighted by molar-refractivity contribution is 4.67. The van der Waals surface area contributed by atoms with E-state index < -0.39 is 0 Å². The van der Waals surface area contributed by atoms with E-state index in [1.807, 2.05) is 0 Å². The molecule has 0 aliphatic rings. The Morgan fingerprint density at radius 3 is 2.17 bits per heavy atom. The average molecular weight is 169 g/mol. The molecule has 0 aliphatic heterocycles. The summed E-state index contributed by atoms with van der Waals surface area (Å²) in [5.41, 5.74) is 0. The zero-order valence-corrected chi connectivity index (χ0v) is 9.10. The molecule has 0 fully saturated rings. The van der Waals surface area contributed by atoms with Crippen LogP contribution in [0.4, 0.5) is 0 Å². The van der Waals surface area contributed by atoms with Gasteiger partial charge in [0.15, 0.2) is 0 Å². The molecule has 0 saturated heterocycles. The summed E-state index contributed by atoms with van der Waals surface area (Å²) in [6.07, 6.45) is 12.0. The van der Waals surface area contributed by atoms with Crippen molar-refractivity contribution in [2.75, 3.05) is 0 Å². The van der Waals surface area contributed by atoms with Crippen LogP contribution in [0, 0.1) is 12.3 Å². The third-order valence-electron chi connectivity index (χ3n) is 2.70. The third-order valence-corrected chi connectivity index (χ3v) is 2.70. The average Bonchev–Trinajstić information content (AvgIpc) is 2.11. The first-order valence-corrected chi connectivity index (χ1v) is 5.66. The molecule has 12 heavy (non-hydrogen) atoms. The van der Waals surface area contributed by atoms with Gasteiger partial charge >= 0.3 is 0 Å². The van der Waals surface area contributed by atoms with E-state index >= 15 is 0 Å². The van der Waals surface area contributed by atoms with Gasteiger partial charge in [0, 0.05) is 0 Å². The Hall–Kier alpha value is 0. The van der Waals surface area contributed by atoms with E-state index in [2.05, 4.69) is 27.2 Å². The molecule has 0 heterocycles. The second-order valence-corrected chi connectivity index (χ2v) is 3.69. The Balaban J connectivity index is 3.06. The first-order valence-electron chi connectivity index (χ1n) is 5.66. The van der Waals surface area contributed by atoms with Gasteiger partial charge in [0.1, 0.15) is 0 Å². The normalized spacial score (nSPS) is 11.0. The Bertz CT molecular complexity index is 72.1. The number of hydrogen-bond acceptors (Lipinski definition) is 0. The van der Waals surface area contributed by atoms with Crippen LogP contribution in [-0.4, -0.2) is 0 Å². The van der Waals surface area contributed by atoms with Gasteiger partial charge in [-0.15, -0.1) is 0 Å². The molecule has 0 unspecified atom stereocenters. The standard InChI is InChI=1S/C12H25/c1-4-7-8-9-10-11-12(5-2)6-3/h9,12H,4-8,10-11H2,1-3H3. The molecule has 0 aromatic carbocycles. The second-order valence-electron chi connectivity index (χ2n) is 3.69. The molecule has 0 atom stereocenters. The van der Waals surface area contributed by atoms with Crippen LogP contribution in [0.2, 0.25) is 0 Å². The van der Waals surface area contributed by atoms with Crippen molar-refractivity contribution in [1.82, 2.24) is 0 Å². The van der Waals surface area contributed by atoms with Gasteiger partial charge in [0.05, 0.1) is 0 Å². The first-order chi connectivity index (χ1) is 5.85. The molecule has 0 bridgehead atoms. The molecular formula is C12H25. The fourth-order valence-corrected chi connectivity index (χ4v) is 1.54. The van der Waals surface area contributed by atoms with Gasteiger partial charge in [-0.25, -0.2) is 0 Å². The molecule has 0 aliphatic carbocycles. The molecule has 73 valence electrons. The summed E-state index contributed by atoms with van der Waals surface area (Å²) in [6.45, 7) is 6.87. The number of unbranched alkanes of at least 4 members (excludes halogenated alkanes) is 4. The smallest absolute Gasteiger partial charge is 0.0386 e. The molecule has 0 N–H and O–H groups in total. The second kappa shape index (κ2) is 9.09. The van der Waals surface area contributed by atoms with Gasteiger partial charge in [0.2, 0.25) is 0 Å². The van der Waals surface area contributed by atoms with Crippen LogP contribution in [0.25, 0.3) is 0 Å². The van der Waals surface area contributed by atoms with E-state index in [1.54, 1.807) is 0 Å². The monoisotopic (exact) mass is 169 g/mol. The topological polar surface area (TPSA) is 0 Å². The molecule has 0 aromatic heterocycles. The van der Waals surface area contributed by atoms with Crippen LogP contribution >= 0.6 is 0 Å². The maximum Gasteiger partial charge on any atom is -0.0386 e. The maximum absolute atomic E-state index is 2.47. The van der Waals surface area contributed by atoms with E-state index in [-0.39, 0.29) is 0 Å². The number of rotatable bonds is 8.